The molecule has 0 radical (unpaired) electrons. The van der Waals surface area contributed by atoms with Crippen molar-refractivity contribution in [3.63, 3.8) is 0 Å². The van der Waals surface area contributed by atoms with Crippen molar-refractivity contribution in [1.82, 2.24) is 5.32 Å². The molecule has 0 aromatic heterocycles. The summed E-state index contributed by atoms with van der Waals surface area (Å²) in [6.45, 7) is 0. The molecule has 1 aliphatic rings. The lowest BCUT2D eigenvalue weighted by atomic mass is 10.1. The topological polar surface area (TPSA) is 55.1 Å². The van der Waals surface area contributed by atoms with Gasteiger partial charge in [0.15, 0.2) is 0 Å². The van der Waals surface area contributed by atoms with Crippen LogP contribution in [0.5, 0.6) is 0 Å². The Bertz CT molecular complexity index is 403. The molecule has 2 rings (SSSR count). The molecule has 0 saturated carbocycles. The van der Waals surface area contributed by atoms with Crippen molar-refractivity contribution >= 4 is 23.4 Å². The van der Waals surface area contributed by atoms with Gasteiger partial charge in [-0.3, -0.25) is 4.79 Å². The van der Waals surface area contributed by atoms with E-state index in [4.69, 9.17) is 5.73 Å². The van der Waals surface area contributed by atoms with Crippen LogP contribution in [0.1, 0.15) is 24.8 Å². The van der Waals surface area contributed by atoms with Crippen LogP contribution in [-0.2, 0) is 11.2 Å². The van der Waals surface area contributed by atoms with Gasteiger partial charge in [-0.15, -0.1) is 0 Å². The SMILES string of the molecule is Nc1ccccc1CCC(=O)NC1CCSCC1. The van der Waals surface area contributed by atoms with E-state index in [-0.39, 0.29) is 5.91 Å². The predicted octanol–water partition coefficient (Wildman–Crippen LogP) is 2.21. The van der Waals surface area contributed by atoms with Gasteiger partial charge in [0.1, 0.15) is 0 Å². The summed E-state index contributed by atoms with van der Waals surface area (Å²) < 4.78 is 0. The highest BCUT2D eigenvalue weighted by molar-refractivity contribution is 7.99. The van der Waals surface area contributed by atoms with E-state index in [1.807, 2.05) is 36.0 Å². The van der Waals surface area contributed by atoms with E-state index >= 15 is 0 Å². The van der Waals surface area contributed by atoms with Crippen LogP contribution in [0.2, 0.25) is 0 Å². The van der Waals surface area contributed by atoms with Gasteiger partial charge in [-0.05, 0) is 42.4 Å². The predicted molar refractivity (Wildman–Crippen MR) is 77.7 cm³/mol. The number of rotatable bonds is 4. The van der Waals surface area contributed by atoms with Crippen LogP contribution in [-0.4, -0.2) is 23.5 Å². The summed E-state index contributed by atoms with van der Waals surface area (Å²) in [5.41, 5.74) is 7.70. The molecule has 1 heterocycles. The Balaban J connectivity index is 1.76. The fourth-order valence-electron chi connectivity index (χ4n) is 2.15. The molecule has 0 spiro atoms. The molecular formula is C14H20N2OS. The summed E-state index contributed by atoms with van der Waals surface area (Å²) in [6, 6.07) is 8.12. The molecule has 1 amide bonds. The molecule has 18 heavy (non-hydrogen) atoms. The number of anilines is 1. The van der Waals surface area contributed by atoms with Crippen LogP contribution in [0.4, 0.5) is 5.69 Å². The lowest BCUT2D eigenvalue weighted by molar-refractivity contribution is -0.121. The monoisotopic (exact) mass is 264 g/mol. The van der Waals surface area contributed by atoms with Crippen molar-refractivity contribution in [3.8, 4) is 0 Å². The highest BCUT2D eigenvalue weighted by Crippen LogP contribution is 2.17. The number of hydrogen-bond acceptors (Lipinski definition) is 3. The standard InChI is InChI=1S/C14H20N2OS/c15-13-4-2-1-3-11(13)5-6-14(17)16-12-7-9-18-10-8-12/h1-4,12H,5-10,15H2,(H,16,17). The van der Waals surface area contributed by atoms with Crippen molar-refractivity contribution < 1.29 is 4.79 Å². The first-order chi connectivity index (χ1) is 8.75. The minimum atomic E-state index is 0.148. The van der Waals surface area contributed by atoms with Gasteiger partial charge in [0.05, 0.1) is 0 Å². The van der Waals surface area contributed by atoms with E-state index < -0.39 is 0 Å². The summed E-state index contributed by atoms with van der Waals surface area (Å²) in [5.74, 6) is 2.47. The fourth-order valence-corrected chi connectivity index (χ4v) is 3.26. The van der Waals surface area contributed by atoms with E-state index in [0.717, 1.165) is 42.0 Å². The fraction of sp³-hybridized carbons (Fsp3) is 0.500. The number of para-hydroxylation sites is 1. The van der Waals surface area contributed by atoms with Crippen molar-refractivity contribution in [1.29, 1.82) is 0 Å². The number of nitrogens with one attached hydrogen (secondary N) is 1. The Morgan fingerprint density at radius 1 is 1.33 bits per heavy atom. The molecular weight excluding hydrogens is 244 g/mol. The van der Waals surface area contributed by atoms with E-state index in [1.54, 1.807) is 0 Å². The molecule has 98 valence electrons. The van der Waals surface area contributed by atoms with E-state index in [2.05, 4.69) is 5.32 Å². The number of aryl methyl sites for hydroxylation is 1. The number of carbonyl (C=O) groups excluding carboxylic acids is 1. The van der Waals surface area contributed by atoms with Crippen molar-refractivity contribution in [2.24, 2.45) is 0 Å². The van der Waals surface area contributed by atoms with Crippen LogP contribution in [0.3, 0.4) is 0 Å². The Labute approximate surface area is 113 Å². The summed E-state index contributed by atoms with van der Waals surface area (Å²) >= 11 is 1.97. The molecule has 1 aromatic rings. The zero-order chi connectivity index (χ0) is 12.8. The third-order valence-electron chi connectivity index (χ3n) is 3.26. The van der Waals surface area contributed by atoms with Gasteiger partial charge < -0.3 is 11.1 Å². The summed E-state index contributed by atoms with van der Waals surface area (Å²) in [5, 5.41) is 3.12. The normalized spacial score (nSPS) is 16.4. The minimum absolute atomic E-state index is 0.148. The first-order valence-electron chi connectivity index (χ1n) is 6.46. The van der Waals surface area contributed by atoms with Crippen molar-refractivity contribution in [2.45, 2.75) is 31.7 Å². The molecule has 1 saturated heterocycles. The quantitative estimate of drug-likeness (QED) is 0.820. The molecule has 0 bridgehead atoms. The number of nitrogens with two attached hydrogens (primary N) is 1. The van der Waals surface area contributed by atoms with Crippen LogP contribution in [0, 0.1) is 0 Å². The average Bonchev–Trinajstić information content (AvgIpc) is 2.39. The zero-order valence-electron chi connectivity index (χ0n) is 10.5. The van der Waals surface area contributed by atoms with Crippen LogP contribution in [0.25, 0.3) is 0 Å². The van der Waals surface area contributed by atoms with Crippen LogP contribution >= 0.6 is 11.8 Å². The summed E-state index contributed by atoms with van der Waals surface area (Å²) in [7, 11) is 0. The second-order valence-corrected chi connectivity index (χ2v) is 5.88. The summed E-state index contributed by atoms with van der Waals surface area (Å²) in [6.07, 6.45) is 3.45. The molecule has 4 heteroatoms. The molecule has 0 aliphatic carbocycles. The van der Waals surface area contributed by atoms with Gasteiger partial charge >= 0.3 is 0 Å². The first kappa shape index (κ1) is 13.3. The second-order valence-electron chi connectivity index (χ2n) is 4.65. The molecule has 1 fully saturated rings. The van der Waals surface area contributed by atoms with Crippen LogP contribution in [0.15, 0.2) is 24.3 Å². The molecule has 3 nitrogen and oxygen atoms in total. The lowest BCUT2D eigenvalue weighted by Gasteiger charge is -2.22. The highest BCUT2D eigenvalue weighted by atomic mass is 32.2. The summed E-state index contributed by atoms with van der Waals surface area (Å²) in [4.78, 5) is 11.8. The zero-order valence-corrected chi connectivity index (χ0v) is 11.3. The smallest absolute Gasteiger partial charge is 0.220 e. The molecule has 0 atom stereocenters. The number of amides is 1. The van der Waals surface area contributed by atoms with Crippen molar-refractivity contribution in [2.75, 3.05) is 17.2 Å². The molecule has 1 aromatic carbocycles. The van der Waals surface area contributed by atoms with Gasteiger partial charge in [0, 0.05) is 18.2 Å². The van der Waals surface area contributed by atoms with Gasteiger partial charge in [0.25, 0.3) is 0 Å². The second kappa shape index (κ2) is 6.69. The maximum absolute atomic E-state index is 11.8. The Kier molecular flexibility index (Phi) is 4.93. The Morgan fingerprint density at radius 3 is 2.78 bits per heavy atom. The number of benzene rings is 1. The third kappa shape index (κ3) is 3.95. The molecule has 1 aliphatic heterocycles. The van der Waals surface area contributed by atoms with Gasteiger partial charge in [-0.2, -0.15) is 11.8 Å². The Morgan fingerprint density at radius 2 is 2.06 bits per heavy atom. The number of nitrogen functional groups attached to an aromatic ring is 1. The maximum atomic E-state index is 11.8. The number of thioether (sulfide) groups is 1. The first-order valence-corrected chi connectivity index (χ1v) is 7.61. The van der Waals surface area contributed by atoms with Gasteiger partial charge in [-0.1, -0.05) is 18.2 Å². The maximum Gasteiger partial charge on any atom is 0.220 e. The van der Waals surface area contributed by atoms with Crippen LogP contribution < -0.4 is 11.1 Å². The van der Waals surface area contributed by atoms with Crippen molar-refractivity contribution in [3.05, 3.63) is 29.8 Å². The van der Waals surface area contributed by atoms with E-state index in [1.165, 1.54) is 0 Å². The highest BCUT2D eigenvalue weighted by Gasteiger charge is 2.15. The van der Waals surface area contributed by atoms with E-state index in [9.17, 15) is 4.79 Å². The molecule has 0 unspecified atom stereocenters. The molecule has 3 N–H and O–H groups in total. The minimum Gasteiger partial charge on any atom is -0.399 e. The average molecular weight is 264 g/mol. The number of carbonyl (C=O) groups is 1. The third-order valence-corrected chi connectivity index (χ3v) is 4.31. The van der Waals surface area contributed by atoms with Gasteiger partial charge in [-0.25, -0.2) is 0 Å². The van der Waals surface area contributed by atoms with Gasteiger partial charge in [0.2, 0.25) is 5.91 Å². The lowest BCUT2D eigenvalue weighted by Crippen LogP contribution is -2.37. The Hall–Kier alpha value is -1.16. The number of hydrogen-bond donors (Lipinski definition) is 2. The largest absolute Gasteiger partial charge is 0.399 e. The van der Waals surface area contributed by atoms with E-state index in [0.29, 0.717) is 12.5 Å².